The Morgan fingerprint density at radius 1 is 1.07 bits per heavy atom. The molecule has 0 atom stereocenters. The number of rotatable bonds is 13. The second-order valence-electron chi connectivity index (χ2n) is 7.99. The molecule has 6 heteroatoms. The maximum atomic E-state index is 12.1. The predicted octanol–water partition coefficient (Wildman–Crippen LogP) is 3.78. The average molecular weight is 395 g/mol. The minimum atomic E-state index is -3.40. The maximum Gasteiger partial charge on any atom is 0.240 e. The number of aryl methyl sites for hydroxylation is 1. The van der Waals surface area contributed by atoms with Gasteiger partial charge in [-0.3, -0.25) is 4.79 Å². The van der Waals surface area contributed by atoms with Gasteiger partial charge in [0.2, 0.25) is 15.9 Å². The van der Waals surface area contributed by atoms with Gasteiger partial charge in [-0.15, -0.1) is 0 Å². The van der Waals surface area contributed by atoms with Gasteiger partial charge in [-0.2, -0.15) is 0 Å². The van der Waals surface area contributed by atoms with Crippen LogP contribution < -0.4 is 10.0 Å². The largest absolute Gasteiger partial charge is 0.356 e. The number of benzene rings is 1. The summed E-state index contributed by atoms with van der Waals surface area (Å²) in [6.45, 7) is 5.24. The minimum absolute atomic E-state index is 0.0595. The molecular weight excluding hydrogens is 360 g/mol. The fraction of sp³-hybridized carbons (Fsp3) is 0.667. The van der Waals surface area contributed by atoms with Crippen molar-refractivity contribution in [1.29, 1.82) is 0 Å². The summed E-state index contributed by atoms with van der Waals surface area (Å²) in [5.41, 5.74) is 0.976. The Balaban J connectivity index is 1.61. The molecular formula is C21H34N2O3S. The Kier molecular flexibility index (Phi) is 8.77. The molecule has 1 fully saturated rings. The molecule has 0 spiro atoms. The highest BCUT2D eigenvalue weighted by Crippen LogP contribution is 2.22. The molecule has 2 N–H and O–H groups in total. The highest BCUT2D eigenvalue weighted by atomic mass is 32.2. The van der Waals surface area contributed by atoms with E-state index in [1.807, 2.05) is 0 Å². The van der Waals surface area contributed by atoms with E-state index >= 15 is 0 Å². The highest BCUT2D eigenvalue weighted by molar-refractivity contribution is 7.89. The molecule has 1 aromatic rings. The lowest BCUT2D eigenvalue weighted by Gasteiger charge is -2.08. The molecule has 1 aliphatic carbocycles. The number of carbonyl (C=O) groups is 1. The lowest BCUT2D eigenvalue weighted by molar-refractivity contribution is -0.121. The van der Waals surface area contributed by atoms with Crippen LogP contribution >= 0.6 is 0 Å². The highest BCUT2D eigenvalue weighted by Gasteiger charge is 2.27. The smallest absolute Gasteiger partial charge is 0.240 e. The van der Waals surface area contributed by atoms with Gasteiger partial charge in [-0.05, 0) is 49.3 Å². The van der Waals surface area contributed by atoms with Crippen molar-refractivity contribution in [3.8, 4) is 0 Å². The fourth-order valence-corrected chi connectivity index (χ4v) is 4.23. The summed E-state index contributed by atoms with van der Waals surface area (Å²) in [6, 6.07) is 6.94. The third-order valence-electron chi connectivity index (χ3n) is 4.80. The van der Waals surface area contributed by atoms with Crippen LogP contribution in [0.1, 0.15) is 70.8 Å². The molecule has 1 aliphatic rings. The van der Waals surface area contributed by atoms with E-state index < -0.39 is 10.0 Å². The number of hydrogen-bond acceptors (Lipinski definition) is 3. The Bertz CT molecular complexity index is 680. The van der Waals surface area contributed by atoms with Crippen molar-refractivity contribution in [3.05, 3.63) is 29.8 Å². The molecule has 2 rings (SSSR count). The van der Waals surface area contributed by atoms with Crippen molar-refractivity contribution < 1.29 is 13.2 Å². The number of unbranched alkanes of at least 4 members (excludes halogenated alkanes) is 3. The third-order valence-corrected chi connectivity index (χ3v) is 6.34. The zero-order chi connectivity index (χ0) is 19.7. The summed E-state index contributed by atoms with van der Waals surface area (Å²) in [4.78, 5) is 12.2. The quantitative estimate of drug-likeness (QED) is 0.500. The number of carbonyl (C=O) groups excluding carboxylic acids is 1. The maximum absolute atomic E-state index is 12.1. The topological polar surface area (TPSA) is 75.3 Å². The molecule has 27 heavy (non-hydrogen) atoms. The third kappa shape index (κ3) is 8.89. The zero-order valence-electron chi connectivity index (χ0n) is 16.7. The van der Waals surface area contributed by atoms with Gasteiger partial charge in [0.25, 0.3) is 0 Å². The van der Waals surface area contributed by atoms with E-state index in [9.17, 15) is 13.2 Å². The summed E-state index contributed by atoms with van der Waals surface area (Å²) in [5, 5.41) is 2.97. The van der Waals surface area contributed by atoms with Crippen LogP contribution in [0.5, 0.6) is 0 Å². The van der Waals surface area contributed by atoms with Crippen molar-refractivity contribution in [2.45, 2.75) is 82.6 Å². The van der Waals surface area contributed by atoms with Gasteiger partial charge in [-0.25, -0.2) is 13.1 Å². The van der Waals surface area contributed by atoms with E-state index in [2.05, 4.69) is 23.9 Å². The van der Waals surface area contributed by atoms with Gasteiger partial charge in [0.05, 0.1) is 4.90 Å². The number of sulfonamides is 1. The van der Waals surface area contributed by atoms with Gasteiger partial charge < -0.3 is 5.32 Å². The normalized spacial score (nSPS) is 14.5. The molecule has 1 saturated carbocycles. The molecule has 152 valence electrons. The Labute approximate surface area is 164 Å². The lowest BCUT2D eigenvalue weighted by Crippen LogP contribution is -2.25. The van der Waals surface area contributed by atoms with Crippen molar-refractivity contribution in [1.82, 2.24) is 10.0 Å². The van der Waals surface area contributed by atoms with Crippen LogP contribution in [-0.2, 0) is 21.2 Å². The first-order chi connectivity index (χ1) is 12.9. The predicted molar refractivity (Wildman–Crippen MR) is 109 cm³/mol. The van der Waals surface area contributed by atoms with Gasteiger partial charge in [0.15, 0.2) is 0 Å². The van der Waals surface area contributed by atoms with E-state index in [1.165, 1.54) is 19.3 Å². The number of amides is 1. The minimum Gasteiger partial charge on any atom is -0.356 e. The average Bonchev–Trinajstić information content (AvgIpc) is 3.42. The van der Waals surface area contributed by atoms with Crippen LogP contribution in [-0.4, -0.2) is 26.9 Å². The van der Waals surface area contributed by atoms with E-state index in [0.717, 1.165) is 43.7 Å². The van der Waals surface area contributed by atoms with Gasteiger partial charge >= 0.3 is 0 Å². The molecule has 1 amide bonds. The lowest BCUT2D eigenvalue weighted by atomic mass is 10.0. The van der Waals surface area contributed by atoms with Gasteiger partial charge in [-0.1, -0.05) is 51.7 Å². The second kappa shape index (κ2) is 10.8. The molecule has 0 heterocycles. The van der Waals surface area contributed by atoms with E-state index in [1.54, 1.807) is 24.3 Å². The van der Waals surface area contributed by atoms with E-state index in [0.29, 0.717) is 17.7 Å². The van der Waals surface area contributed by atoms with Gasteiger partial charge in [0.1, 0.15) is 0 Å². The summed E-state index contributed by atoms with van der Waals surface area (Å²) >= 11 is 0. The van der Waals surface area contributed by atoms with Crippen molar-refractivity contribution >= 4 is 15.9 Å². The van der Waals surface area contributed by atoms with Crippen molar-refractivity contribution in [2.24, 2.45) is 5.92 Å². The summed E-state index contributed by atoms with van der Waals surface area (Å²) in [6.07, 6.45) is 8.88. The van der Waals surface area contributed by atoms with Gasteiger partial charge in [0, 0.05) is 19.0 Å². The number of hydrogen-bond donors (Lipinski definition) is 2. The molecule has 0 aromatic heterocycles. The first kappa shape index (κ1) is 21.9. The zero-order valence-corrected chi connectivity index (χ0v) is 17.5. The monoisotopic (exact) mass is 394 g/mol. The van der Waals surface area contributed by atoms with Crippen LogP contribution in [0.3, 0.4) is 0 Å². The molecule has 0 radical (unpaired) electrons. The summed E-state index contributed by atoms with van der Waals surface area (Å²) in [7, 11) is -3.40. The second-order valence-corrected chi connectivity index (χ2v) is 9.70. The van der Waals surface area contributed by atoms with E-state index in [-0.39, 0.29) is 11.9 Å². The molecule has 0 aliphatic heterocycles. The molecule has 0 bridgehead atoms. The van der Waals surface area contributed by atoms with Crippen LogP contribution in [0.15, 0.2) is 29.2 Å². The van der Waals surface area contributed by atoms with E-state index in [4.69, 9.17) is 0 Å². The van der Waals surface area contributed by atoms with Crippen LogP contribution in [0.2, 0.25) is 0 Å². The number of nitrogens with one attached hydrogen (secondary N) is 2. The fourth-order valence-electron chi connectivity index (χ4n) is 2.93. The standard InChI is InChI=1S/C21H34N2O3S/c1-17(2)7-5-3-4-6-16-22-21(24)15-10-18-8-13-20(14-9-18)27(25,26)23-19-11-12-19/h8-9,13-14,17,19,23H,3-7,10-12,15-16H2,1-2H3,(H,22,24). The first-order valence-electron chi connectivity index (χ1n) is 10.2. The van der Waals surface area contributed by atoms with Crippen LogP contribution in [0, 0.1) is 5.92 Å². The Hall–Kier alpha value is -1.40. The molecule has 0 saturated heterocycles. The van der Waals surface area contributed by atoms with Crippen molar-refractivity contribution in [2.75, 3.05) is 6.54 Å². The summed E-state index contributed by atoms with van der Waals surface area (Å²) in [5.74, 6) is 0.831. The van der Waals surface area contributed by atoms with Crippen molar-refractivity contribution in [3.63, 3.8) is 0 Å². The first-order valence-corrected chi connectivity index (χ1v) is 11.7. The van der Waals surface area contributed by atoms with Crippen LogP contribution in [0.4, 0.5) is 0 Å². The molecule has 0 unspecified atom stereocenters. The Morgan fingerprint density at radius 2 is 1.74 bits per heavy atom. The summed E-state index contributed by atoms with van der Waals surface area (Å²) < 4.78 is 26.9. The molecule has 1 aromatic carbocycles. The molecule has 5 nitrogen and oxygen atoms in total. The Morgan fingerprint density at radius 3 is 2.37 bits per heavy atom. The SMILES string of the molecule is CC(C)CCCCCCNC(=O)CCc1ccc(S(=O)(=O)NC2CC2)cc1. The van der Waals surface area contributed by atoms with Crippen LogP contribution in [0.25, 0.3) is 0 Å².